The molecule has 0 saturated heterocycles. The molecular weight excluding hydrogens is 318 g/mol. The van der Waals surface area contributed by atoms with E-state index in [1.165, 1.54) is 7.11 Å². The molecule has 3 aromatic rings. The van der Waals surface area contributed by atoms with Crippen LogP contribution in [0.5, 0.6) is 0 Å². The summed E-state index contributed by atoms with van der Waals surface area (Å²) in [5.41, 5.74) is 8.42. The van der Waals surface area contributed by atoms with Gasteiger partial charge in [0, 0.05) is 29.2 Å². The summed E-state index contributed by atoms with van der Waals surface area (Å²) in [5.74, 6) is -0.915. The van der Waals surface area contributed by atoms with E-state index in [4.69, 9.17) is 10.5 Å². The van der Waals surface area contributed by atoms with Gasteiger partial charge in [0.1, 0.15) is 6.04 Å². The summed E-state index contributed by atoms with van der Waals surface area (Å²) < 4.78 is 4.85. The van der Waals surface area contributed by atoms with Crippen LogP contribution >= 0.6 is 0 Å². The lowest BCUT2D eigenvalue weighted by Gasteiger charge is -2.17. The first kappa shape index (κ1) is 16.6. The number of hydrogen-bond donors (Lipinski definition) is 3. The molecule has 6 heteroatoms. The maximum absolute atomic E-state index is 12.5. The number of ether oxygens (including phenoxy) is 1. The molecule has 0 spiro atoms. The molecule has 0 aliphatic carbocycles. The van der Waals surface area contributed by atoms with E-state index >= 15 is 0 Å². The van der Waals surface area contributed by atoms with Crippen molar-refractivity contribution >= 4 is 28.5 Å². The molecule has 0 fully saturated rings. The summed E-state index contributed by atoms with van der Waals surface area (Å²) >= 11 is 0. The van der Waals surface area contributed by atoms with E-state index in [9.17, 15) is 9.59 Å². The summed E-state index contributed by atoms with van der Waals surface area (Å²) in [6, 6.07) is 13.7. The van der Waals surface area contributed by atoms with E-state index in [1.54, 1.807) is 24.3 Å². The van der Waals surface area contributed by atoms with Crippen molar-refractivity contribution in [1.29, 1.82) is 0 Å². The van der Waals surface area contributed by atoms with Crippen LogP contribution in [0.25, 0.3) is 10.9 Å². The Bertz CT molecular complexity index is 917. The normalized spacial score (nSPS) is 11.9. The zero-order chi connectivity index (χ0) is 17.8. The number of H-pyrrole nitrogens is 1. The second-order valence-electron chi connectivity index (χ2n) is 5.70. The summed E-state index contributed by atoms with van der Waals surface area (Å²) in [6.45, 7) is 0. The lowest BCUT2D eigenvalue weighted by atomic mass is 10.0. The Labute approximate surface area is 145 Å². The van der Waals surface area contributed by atoms with E-state index < -0.39 is 17.9 Å². The van der Waals surface area contributed by atoms with Gasteiger partial charge in [0.05, 0.1) is 12.7 Å². The molecule has 0 unspecified atom stereocenters. The lowest BCUT2D eigenvalue weighted by Crippen LogP contribution is -2.43. The number of nitrogens with two attached hydrogens (primary N) is 1. The van der Waals surface area contributed by atoms with Crippen molar-refractivity contribution in [3.05, 3.63) is 65.9 Å². The molecule has 128 valence electrons. The van der Waals surface area contributed by atoms with Gasteiger partial charge in [-0.05, 0) is 23.8 Å². The van der Waals surface area contributed by atoms with Crippen LogP contribution in [-0.2, 0) is 16.0 Å². The summed E-state index contributed by atoms with van der Waals surface area (Å²) in [4.78, 5) is 27.8. The van der Waals surface area contributed by atoms with Gasteiger partial charge in [-0.3, -0.25) is 4.79 Å². The third-order valence-electron chi connectivity index (χ3n) is 4.10. The fourth-order valence-electron chi connectivity index (χ4n) is 2.80. The predicted molar refractivity (Wildman–Crippen MR) is 96.1 cm³/mol. The largest absolute Gasteiger partial charge is 0.467 e. The first-order valence-corrected chi connectivity index (χ1v) is 7.88. The quantitative estimate of drug-likeness (QED) is 0.491. The second kappa shape index (κ2) is 7.09. The molecule has 1 atom stereocenters. The second-order valence-corrected chi connectivity index (χ2v) is 5.70. The van der Waals surface area contributed by atoms with Gasteiger partial charge in [-0.25, -0.2) is 4.79 Å². The number of amides is 1. The molecule has 0 radical (unpaired) electrons. The van der Waals surface area contributed by atoms with Crippen molar-refractivity contribution in [2.75, 3.05) is 12.8 Å². The molecule has 2 aromatic carbocycles. The maximum Gasteiger partial charge on any atom is 0.328 e. The maximum atomic E-state index is 12.5. The minimum absolute atomic E-state index is 0.315. The van der Waals surface area contributed by atoms with Gasteiger partial charge in [-0.2, -0.15) is 0 Å². The lowest BCUT2D eigenvalue weighted by molar-refractivity contribution is -0.142. The van der Waals surface area contributed by atoms with Crippen molar-refractivity contribution < 1.29 is 14.3 Å². The van der Waals surface area contributed by atoms with Crippen LogP contribution in [0.1, 0.15) is 15.9 Å². The van der Waals surface area contributed by atoms with E-state index in [1.807, 2.05) is 30.5 Å². The Balaban J connectivity index is 1.84. The number of fused-ring (bicyclic) bond motifs is 1. The summed E-state index contributed by atoms with van der Waals surface area (Å²) in [7, 11) is 1.30. The molecule has 3 rings (SSSR count). The first-order valence-electron chi connectivity index (χ1n) is 7.88. The predicted octanol–water partition coefficient (Wildman–Crippen LogP) is 2.26. The van der Waals surface area contributed by atoms with Crippen molar-refractivity contribution in [3.63, 3.8) is 0 Å². The zero-order valence-electron chi connectivity index (χ0n) is 13.8. The van der Waals surface area contributed by atoms with Gasteiger partial charge in [0.25, 0.3) is 5.91 Å². The highest BCUT2D eigenvalue weighted by Gasteiger charge is 2.24. The van der Waals surface area contributed by atoms with Crippen molar-refractivity contribution in [2.24, 2.45) is 0 Å². The number of nitrogen functional groups attached to an aromatic ring is 1. The number of hydrogen-bond acceptors (Lipinski definition) is 4. The molecule has 0 bridgehead atoms. The smallest absolute Gasteiger partial charge is 0.328 e. The monoisotopic (exact) mass is 337 g/mol. The Hall–Kier alpha value is -3.28. The average molecular weight is 337 g/mol. The molecule has 1 aromatic heterocycles. The number of benzene rings is 2. The number of aromatic amines is 1. The van der Waals surface area contributed by atoms with E-state index in [2.05, 4.69) is 10.3 Å². The summed E-state index contributed by atoms with van der Waals surface area (Å²) in [6.07, 6.45) is 2.15. The number of carbonyl (C=O) groups is 2. The van der Waals surface area contributed by atoms with Crippen LogP contribution in [0, 0.1) is 0 Å². The van der Waals surface area contributed by atoms with Gasteiger partial charge in [-0.15, -0.1) is 0 Å². The van der Waals surface area contributed by atoms with E-state index in [0.29, 0.717) is 17.7 Å². The Morgan fingerprint density at radius 1 is 1.16 bits per heavy atom. The third-order valence-corrected chi connectivity index (χ3v) is 4.10. The standard InChI is InChI=1S/C19H19N3O3/c1-25-19(24)17(22-18(23)14-7-2-4-8-15(14)20)10-12-11-21-16-9-5-3-6-13(12)16/h2-9,11,17,21H,10,20H2,1H3,(H,22,23)/t17-/m0/s1. The zero-order valence-corrected chi connectivity index (χ0v) is 13.8. The number of nitrogens with one attached hydrogen (secondary N) is 2. The highest BCUT2D eigenvalue weighted by molar-refractivity contribution is 6.01. The Morgan fingerprint density at radius 2 is 1.88 bits per heavy atom. The fraction of sp³-hybridized carbons (Fsp3) is 0.158. The van der Waals surface area contributed by atoms with Crippen LogP contribution in [0.3, 0.4) is 0 Å². The SMILES string of the molecule is COC(=O)[C@H](Cc1c[nH]c2ccccc12)NC(=O)c1ccccc1N. The molecular formula is C19H19N3O3. The van der Waals surface area contributed by atoms with Gasteiger partial charge in [-0.1, -0.05) is 30.3 Å². The van der Waals surface area contributed by atoms with E-state index in [-0.39, 0.29) is 0 Å². The van der Waals surface area contributed by atoms with Crippen LogP contribution in [0.4, 0.5) is 5.69 Å². The molecule has 1 heterocycles. The minimum atomic E-state index is -0.809. The Morgan fingerprint density at radius 3 is 2.64 bits per heavy atom. The van der Waals surface area contributed by atoms with Gasteiger partial charge < -0.3 is 20.8 Å². The number of para-hydroxylation sites is 2. The number of methoxy groups -OCH3 is 1. The van der Waals surface area contributed by atoms with Crippen LogP contribution in [0.2, 0.25) is 0 Å². The molecule has 0 aliphatic heterocycles. The number of rotatable bonds is 5. The van der Waals surface area contributed by atoms with Crippen LogP contribution in [-0.4, -0.2) is 30.0 Å². The molecule has 6 nitrogen and oxygen atoms in total. The number of esters is 1. The van der Waals surface area contributed by atoms with Crippen LogP contribution < -0.4 is 11.1 Å². The number of carbonyl (C=O) groups excluding carboxylic acids is 2. The van der Waals surface area contributed by atoms with Gasteiger partial charge >= 0.3 is 5.97 Å². The third kappa shape index (κ3) is 3.47. The molecule has 25 heavy (non-hydrogen) atoms. The topological polar surface area (TPSA) is 97.2 Å². The van der Waals surface area contributed by atoms with Crippen LogP contribution in [0.15, 0.2) is 54.7 Å². The molecule has 1 amide bonds. The van der Waals surface area contributed by atoms with Crippen molar-refractivity contribution in [2.45, 2.75) is 12.5 Å². The number of aromatic nitrogens is 1. The highest BCUT2D eigenvalue weighted by atomic mass is 16.5. The number of anilines is 1. The fourth-order valence-corrected chi connectivity index (χ4v) is 2.80. The van der Waals surface area contributed by atoms with E-state index in [0.717, 1.165) is 16.5 Å². The van der Waals surface area contributed by atoms with Gasteiger partial charge in [0.15, 0.2) is 0 Å². The minimum Gasteiger partial charge on any atom is -0.467 e. The van der Waals surface area contributed by atoms with Crippen molar-refractivity contribution in [1.82, 2.24) is 10.3 Å². The average Bonchev–Trinajstić information content (AvgIpc) is 3.04. The summed E-state index contributed by atoms with van der Waals surface area (Å²) in [5, 5.41) is 3.72. The van der Waals surface area contributed by atoms with Gasteiger partial charge in [0.2, 0.25) is 0 Å². The first-order chi connectivity index (χ1) is 12.1. The molecule has 0 saturated carbocycles. The Kier molecular flexibility index (Phi) is 4.70. The highest BCUT2D eigenvalue weighted by Crippen LogP contribution is 2.20. The van der Waals surface area contributed by atoms with Crippen molar-refractivity contribution in [3.8, 4) is 0 Å². The molecule has 0 aliphatic rings. The molecule has 4 N–H and O–H groups in total.